The number of rotatable bonds is 4. The number of aromatic nitrogens is 3. The number of amides is 1. The Morgan fingerprint density at radius 2 is 2.04 bits per heavy atom. The molecular formula is C16H13N5O4. The van der Waals surface area contributed by atoms with Gasteiger partial charge >= 0.3 is 0 Å². The van der Waals surface area contributed by atoms with Gasteiger partial charge in [-0.25, -0.2) is 4.68 Å². The molecule has 0 aliphatic heterocycles. The van der Waals surface area contributed by atoms with E-state index in [2.05, 4.69) is 15.6 Å². The molecule has 25 heavy (non-hydrogen) atoms. The quantitative estimate of drug-likeness (QED) is 0.570. The van der Waals surface area contributed by atoms with Gasteiger partial charge in [0.2, 0.25) is 5.91 Å². The van der Waals surface area contributed by atoms with Crippen molar-refractivity contribution in [1.29, 1.82) is 0 Å². The zero-order chi connectivity index (χ0) is 18.0. The maximum absolute atomic E-state index is 12.3. The number of fused-ring (bicyclic) bond motifs is 1. The van der Waals surface area contributed by atoms with E-state index in [0.717, 1.165) is 4.68 Å². The molecule has 0 aliphatic rings. The van der Waals surface area contributed by atoms with Gasteiger partial charge in [0.1, 0.15) is 17.7 Å². The van der Waals surface area contributed by atoms with Gasteiger partial charge in [0.25, 0.3) is 11.2 Å². The van der Waals surface area contributed by atoms with Crippen molar-refractivity contribution < 1.29 is 9.72 Å². The largest absolute Gasteiger partial charge is 0.319 e. The fraction of sp³-hybridized carbons (Fsp3) is 0.125. The third kappa shape index (κ3) is 3.34. The van der Waals surface area contributed by atoms with Gasteiger partial charge in [-0.3, -0.25) is 19.7 Å². The number of hydrogen-bond donors (Lipinski definition) is 1. The molecule has 3 rings (SSSR count). The van der Waals surface area contributed by atoms with Gasteiger partial charge in [0.05, 0.1) is 10.3 Å². The summed E-state index contributed by atoms with van der Waals surface area (Å²) in [7, 11) is 0. The second-order valence-corrected chi connectivity index (χ2v) is 5.40. The molecule has 0 saturated heterocycles. The Labute approximate surface area is 141 Å². The molecule has 1 heterocycles. The van der Waals surface area contributed by atoms with E-state index in [4.69, 9.17) is 0 Å². The summed E-state index contributed by atoms with van der Waals surface area (Å²) in [6.45, 7) is 1.31. The number of nitro benzene ring substituents is 1. The van der Waals surface area contributed by atoms with Crippen LogP contribution in [0.4, 0.5) is 11.4 Å². The molecule has 1 N–H and O–H groups in total. The van der Waals surface area contributed by atoms with Crippen LogP contribution in [-0.4, -0.2) is 25.8 Å². The zero-order valence-corrected chi connectivity index (χ0v) is 13.2. The van der Waals surface area contributed by atoms with Gasteiger partial charge in [-0.2, -0.15) is 0 Å². The Balaban J connectivity index is 1.86. The molecule has 1 amide bonds. The summed E-state index contributed by atoms with van der Waals surface area (Å²) < 4.78 is 0.914. The summed E-state index contributed by atoms with van der Waals surface area (Å²) in [5.41, 5.74) is 0.506. The molecule has 0 atom stereocenters. The second kappa shape index (κ2) is 6.48. The first-order chi connectivity index (χ1) is 12.0. The molecule has 0 spiro atoms. The maximum atomic E-state index is 12.3. The van der Waals surface area contributed by atoms with Crippen LogP contribution in [0.25, 0.3) is 10.9 Å². The highest BCUT2D eigenvalue weighted by Crippen LogP contribution is 2.25. The van der Waals surface area contributed by atoms with Gasteiger partial charge in [0, 0.05) is 6.07 Å². The Morgan fingerprint density at radius 1 is 1.28 bits per heavy atom. The summed E-state index contributed by atoms with van der Waals surface area (Å²) in [5.74, 6) is -0.612. The fourth-order valence-electron chi connectivity index (χ4n) is 2.35. The molecule has 0 radical (unpaired) electrons. The van der Waals surface area contributed by atoms with Crippen molar-refractivity contribution in [2.24, 2.45) is 0 Å². The van der Waals surface area contributed by atoms with Gasteiger partial charge < -0.3 is 5.32 Å². The van der Waals surface area contributed by atoms with E-state index >= 15 is 0 Å². The van der Waals surface area contributed by atoms with E-state index in [1.54, 1.807) is 37.3 Å². The molecule has 3 aromatic rings. The van der Waals surface area contributed by atoms with Crippen LogP contribution in [0, 0.1) is 17.0 Å². The van der Waals surface area contributed by atoms with E-state index in [-0.39, 0.29) is 11.4 Å². The van der Waals surface area contributed by atoms with Gasteiger partial charge in [-0.05, 0) is 30.7 Å². The maximum Gasteiger partial charge on any atom is 0.293 e. The van der Waals surface area contributed by atoms with Crippen LogP contribution in [0.1, 0.15) is 5.56 Å². The lowest BCUT2D eigenvalue weighted by molar-refractivity contribution is -0.384. The van der Waals surface area contributed by atoms with Crippen LogP contribution in [0.15, 0.2) is 47.3 Å². The van der Waals surface area contributed by atoms with Crippen molar-refractivity contribution >= 4 is 28.2 Å². The topological polar surface area (TPSA) is 120 Å². The lowest BCUT2D eigenvalue weighted by Crippen LogP contribution is -2.30. The fourth-order valence-corrected chi connectivity index (χ4v) is 2.35. The molecule has 0 bridgehead atoms. The lowest BCUT2D eigenvalue weighted by Gasteiger charge is -2.08. The van der Waals surface area contributed by atoms with Crippen LogP contribution >= 0.6 is 0 Å². The number of carbonyl (C=O) groups is 1. The summed E-state index contributed by atoms with van der Waals surface area (Å²) in [5, 5.41) is 21.5. The minimum atomic E-state index is -0.612. The molecule has 2 aromatic carbocycles. The zero-order valence-electron chi connectivity index (χ0n) is 13.2. The molecule has 1 aromatic heterocycles. The Hall–Kier alpha value is -3.62. The second-order valence-electron chi connectivity index (χ2n) is 5.40. The number of benzene rings is 2. The monoisotopic (exact) mass is 339 g/mol. The van der Waals surface area contributed by atoms with Crippen LogP contribution in [0.3, 0.4) is 0 Å². The lowest BCUT2D eigenvalue weighted by atomic mass is 10.2. The average Bonchev–Trinajstić information content (AvgIpc) is 2.59. The van der Waals surface area contributed by atoms with Gasteiger partial charge in [-0.15, -0.1) is 5.10 Å². The molecule has 0 fully saturated rings. The predicted molar refractivity (Wildman–Crippen MR) is 90.3 cm³/mol. The molecule has 9 nitrogen and oxygen atoms in total. The predicted octanol–water partition coefficient (Wildman–Crippen LogP) is 1.65. The molecule has 0 saturated carbocycles. The minimum absolute atomic E-state index is 0.0578. The van der Waals surface area contributed by atoms with Crippen molar-refractivity contribution in [2.45, 2.75) is 13.5 Å². The first-order valence-electron chi connectivity index (χ1n) is 7.33. The summed E-state index contributed by atoms with van der Waals surface area (Å²) >= 11 is 0. The number of hydrogen-bond acceptors (Lipinski definition) is 6. The molecular weight excluding hydrogens is 326 g/mol. The van der Waals surface area contributed by atoms with Crippen molar-refractivity contribution in [2.75, 3.05) is 5.32 Å². The Bertz CT molecular complexity index is 1040. The first-order valence-corrected chi connectivity index (χ1v) is 7.33. The standard InChI is InChI=1S/C16H13N5O4/c1-10-6-7-13(14(8-10)21(24)25)17-15(22)9-20-16(23)11-4-2-3-5-12(11)18-19-20/h2-8H,9H2,1H3,(H,17,22). The Morgan fingerprint density at radius 3 is 2.80 bits per heavy atom. The summed E-state index contributed by atoms with van der Waals surface area (Å²) in [6.07, 6.45) is 0. The number of nitro groups is 1. The van der Waals surface area contributed by atoms with Crippen LogP contribution in [0.2, 0.25) is 0 Å². The normalized spacial score (nSPS) is 10.6. The van der Waals surface area contributed by atoms with Crippen LogP contribution in [0.5, 0.6) is 0 Å². The van der Waals surface area contributed by atoms with Crippen molar-refractivity contribution in [3.63, 3.8) is 0 Å². The molecule has 9 heteroatoms. The first kappa shape index (κ1) is 16.2. The number of carbonyl (C=O) groups excluding carboxylic acids is 1. The highest BCUT2D eigenvalue weighted by atomic mass is 16.6. The third-order valence-electron chi connectivity index (χ3n) is 3.55. The van der Waals surface area contributed by atoms with E-state index in [0.29, 0.717) is 16.5 Å². The number of nitrogens with one attached hydrogen (secondary N) is 1. The van der Waals surface area contributed by atoms with Gasteiger partial charge in [0.15, 0.2) is 0 Å². The molecule has 0 aliphatic carbocycles. The SMILES string of the molecule is Cc1ccc(NC(=O)Cn2nnc3ccccc3c2=O)c([N+](=O)[O-])c1. The van der Waals surface area contributed by atoms with E-state index in [1.165, 1.54) is 12.1 Å². The number of anilines is 1. The highest BCUT2D eigenvalue weighted by Gasteiger charge is 2.17. The van der Waals surface area contributed by atoms with Crippen LogP contribution in [-0.2, 0) is 11.3 Å². The van der Waals surface area contributed by atoms with Gasteiger partial charge in [-0.1, -0.05) is 23.4 Å². The molecule has 0 unspecified atom stereocenters. The van der Waals surface area contributed by atoms with Crippen molar-refractivity contribution in [3.8, 4) is 0 Å². The van der Waals surface area contributed by atoms with Crippen molar-refractivity contribution in [1.82, 2.24) is 15.0 Å². The third-order valence-corrected chi connectivity index (χ3v) is 3.55. The van der Waals surface area contributed by atoms with Crippen molar-refractivity contribution in [3.05, 3.63) is 68.5 Å². The average molecular weight is 339 g/mol. The van der Waals surface area contributed by atoms with Crippen LogP contribution < -0.4 is 10.9 Å². The van der Waals surface area contributed by atoms with E-state index in [9.17, 15) is 19.7 Å². The summed E-state index contributed by atoms with van der Waals surface area (Å²) in [6, 6.07) is 11.1. The smallest absolute Gasteiger partial charge is 0.293 e. The van der Waals surface area contributed by atoms with E-state index in [1.807, 2.05) is 0 Å². The number of aryl methyl sites for hydroxylation is 1. The number of nitrogens with zero attached hydrogens (tertiary/aromatic N) is 4. The highest BCUT2D eigenvalue weighted by molar-refractivity contribution is 5.93. The minimum Gasteiger partial charge on any atom is -0.319 e. The summed E-state index contributed by atoms with van der Waals surface area (Å²) in [4.78, 5) is 35.0. The van der Waals surface area contributed by atoms with E-state index < -0.39 is 22.9 Å². The molecule has 126 valence electrons. The Kier molecular flexibility index (Phi) is 4.21.